The molecule has 140 valence electrons. The highest BCUT2D eigenvalue weighted by atomic mass is 16.6. The molecule has 1 saturated heterocycles. The molecule has 0 aliphatic carbocycles. The number of amides is 1. The van der Waals surface area contributed by atoms with Crippen LogP contribution in [0.15, 0.2) is 48.5 Å². The van der Waals surface area contributed by atoms with E-state index in [1.54, 1.807) is 12.1 Å². The van der Waals surface area contributed by atoms with E-state index < -0.39 is 17.5 Å². The van der Waals surface area contributed by atoms with Gasteiger partial charge in [0.15, 0.2) is 5.54 Å². The summed E-state index contributed by atoms with van der Waals surface area (Å²) in [7, 11) is 0. The predicted octanol–water partition coefficient (Wildman–Crippen LogP) is 3.38. The largest absolute Gasteiger partial charge is 0.324 e. The lowest BCUT2D eigenvalue weighted by Crippen LogP contribution is -2.54. The number of nitrogens with zero attached hydrogens (tertiary/aromatic N) is 1. The van der Waals surface area contributed by atoms with E-state index >= 15 is 0 Å². The number of para-hydroxylation sites is 1. The van der Waals surface area contributed by atoms with Gasteiger partial charge in [-0.25, -0.2) is 0 Å². The van der Waals surface area contributed by atoms with E-state index in [1.807, 2.05) is 43.3 Å². The van der Waals surface area contributed by atoms with Gasteiger partial charge in [-0.05, 0) is 30.0 Å². The fourth-order valence-electron chi connectivity index (χ4n) is 4.66. The van der Waals surface area contributed by atoms with Crippen molar-refractivity contribution in [1.82, 2.24) is 5.32 Å². The van der Waals surface area contributed by atoms with Crippen LogP contribution in [0, 0.1) is 10.1 Å². The quantitative estimate of drug-likeness (QED) is 0.645. The Morgan fingerprint density at radius 3 is 2.41 bits per heavy atom. The summed E-state index contributed by atoms with van der Waals surface area (Å²) in [5.74, 6) is -0.361. The van der Waals surface area contributed by atoms with Crippen molar-refractivity contribution in [2.75, 3.05) is 5.32 Å². The molecule has 6 heteroatoms. The molecule has 1 spiro atoms. The first-order chi connectivity index (χ1) is 12.9. The predicted molar refractivity (Wildman–Crippen MR) is 103 cm³/mol. The van der Waals surface area contributed by atoms with Crippen LogP contribution in [0.4, 0.5) is 5.69 Å². The Hall–Kier alpha value is -2.73. The number of fused-ring (bicyclic) bond motifs is 2. The molecule has 0 bridgehead atoms. The SMILES string of the molecule is CC(C)c1ccc([C@@H]2[C@H](C)N[C@]3(C(=O)Nc4ccccc43)[C@H]2[N+](=O)[O-])cc1. The first-order valence-corrected chi connectivity index (χ1v) is 9.28. The minimum Gasteiger partial charge on any atom is -0.324 e. The van der Waals surface area contributed by atoms with Gasteiger partial charge in [-0.2, -0.15) is 0 Å². The van der Waals surface area contributed by atoms with E-state index in [0.29, 0.717) is 17.2 Å². The summed E-state index contributed by atoms with van der Waals surface area (Å²) in [5, 5.41) is 18.3. The van der Waals surface area contributed by atoms with E-state index in [2.05, 4.69) is 24.5 Å². The highest BCUT2D eigenvalue weighted by molar-refractivity contribution is 6.07. The molecular formula is C21H23N3O3. The number of hydrogen-bond donors (Lipinski definition) is 2. The van der Waals surface area contributed by atoms with Crippen LogP contribution in [-0.2, 0) is 10.3 Å². The lowest BCUT2D eigenvalue weighted by molar-refractivity contribution is -0.532. The van der Waals surface area contributed by atoms with Crippen molar-refractivity contribution in [2.24, 2.45) is 0 Å². The summed E-state index contributed by atoms with van der Waals surface area (Å²) in [4.78, 5) is 24.9. The summed E-state index contributed by atoms with van der Waals surface area (Å²) in [6.45, 7) is 6.15. The van der Waals surface area contributed by atoms with E-state index in [-0.39, 0.29) is 16.9 Å². The molecule has 2 N–H and O–H groups in total. The van der Waals surface area contributed by atoms with Gasteiger partial charge in [-0.3, -0.25) is 20.2 Å². The van der Waals surface area contributed by atoms with Gasteiger partial charge in [0.25, 0.3) is 11.9 Å². The van der Waals surface area contributed by atoms with Crippen molar-refractivity contribution in [3.8, 4) is 0 Å². The Labute approximate surface area is 158 Å². The number of carbonyl (C=O) groups is 1. The van der Waals surface area contributed by atoms with Crippen molar-refractivity contribution < 1.29 is 9.72 Å². The first-order valence-electron chi connectivity index (χ1n) is 9.28. The Balaban J connectivity index is 1.83. The molecule has 2 aromatic carbocycles. The second kappa shape index (κ2) is 6.16. The molecule has 0 unspecified atom stereocenters. The molecule has 4 atom stereocenters. The smallest absolute Gasteiger partial charge is 0.256 e. The average Bonchev–Trinajstić information content (AvgIpc) is 3.10. The minimum atomic E-state index is -1.35. The summed E-state index contributed by atoms with van der Waals surface area (Å²) >= 11 is 0. The van der Waals surface area contributed by atoms with Crippen molar-refractivity contribution in [3.05, 3.63) is 75.3 Å². The third kappa shape index (κ3) is 2.47. The number of rotatable bonds is 3. The van der Waals surface area contributed by atoms with Gasteiger partial charge in [0.05, 0.1) is 5.92 Å². The van der Waals surface area contributed by atoms with Gasteiger partial charge in [-0.15, -0.1) is 0 Å². The molecule has 2 aliphatic heterocycles. The standard InChI is InChI=1S/C21H23N3O3/c1-12(2)14-8-10-15(11-9-14)18-13(3)23-21(19(18)24(26)27)16-6-4-5-7-17(16)22-20(21)25/h4-13,18-19,23H,1-3H3,(H,22,25)/t13-,18-,19-,21-/m0/s1. The lowest BCUT2D eigenvalue weighted by Gasteiger charge is -2.25. The second-order valence-electron chi connectivity index (χ2n) is 7.82. The molecule has 2 heterocycles. The van der Waals surface area contributed by atoms with Crippen LogP contribution in [0.3, 0.4) is 0 Å². The summed E-state index contributed by atoms with van der Waals surface area (Å²) in [5.41, 5.74) is 2.03. The molecule has 2 aromatic rings. The monoisotopic (exact) mass is 365 g/mol. The number of benzene rings is 2. The van der Waals surface area contributed by atoms with E-state index in [1.165, 1.54) is 5.56 Å². The number of hydrogen-bond acceptors (Lipinski definition) is 4. The number of nitrogens with one attached hydrogen (secondary N) is 2. The van der Waals surface area contributed by atoms with Crippen molar-refractivity contribution in [2.45, 2.75) is 50.2 Å². The van der Waals surface area contributed by atoms with Gasteiger partial charge in [0, 0.05) is 22.2 Å². The fraction of sp³-hybridized carbons (Fsp3) is 0.381. The van der Waals surface area contributed by atoms with Crippen LogP contribution in [0.25, 0.3) is 0 Å². The average molecular weight is 365 g/mol. The van der Waals surface area contributed by atoms with Crippen molar-refractivity contribution in [3.63, 3.8) is 0 Å². The molecular weight excluding hydrogens is 342 g/mol. The zero-order chi connectivity index (χ0) is 19.3. The molecule has 0 aromatic heterocycles. The molecule has 27 heavy (non-hydrogen) atoms. The number of nitro groups is 1. The molecule has 2 aliphatic rings. The molecule has 1 fully saturated rings. The Morgan fingerprint density at radius 1 is 1.11 bits per heavy atom. The van der Waals surface area contributed by atoms with Crippen LogP contribution in [0.5, 0.6) is 0 Å². The van der Waals surface area contributed by atoms with Gasteiger partial charge in [0.1, 0.15) is 0 Å². The van der Waals surface area contributed by atoms with Gasteiger partial charge >= 0.3 is 0 Å². The topological polar surface area (TPSA) is 84.3 Å². The summed E-state index contributed by atoms with van der Waals surface area (Å²) in [6, 6.07) is 13.9. The van der Waals surface area contributed by atoms with Crippen molar-refractivity contribution in [1.29, 1.82) is 0 Å². The minimum absolute atomic E-state index is 0.220. The van der Waals surface area contributed by atoms with Crippen LogP contribution in [0.1, 0.15) is 49.3 Å². The maximum atomic E-state index is 13.0. The summed E-state index contributed by atoms with van der Waals surface area (Å²) in [6.07, 6.45) is 0. The van der Waals surface area contributed by atoms with Crippen LogP contribution in [0.2, 0.25) is 0 Å². The maximum absolute atomic E-state index is 13.0. The molecule has 1 amide bonds. The normalized spacial score (nSPS) is 29.2. The molecule has 6 nitrogen and oxygen atoms in total. The Kier molecular flexibility index (Phi) is 4.03. The zero-order valence-electron chi connectivity index (χ0n) is 15.6. The highest BCUT2D eigenvalue weighted by Crippen LogP contribution is 2.49. The van der Waals surface area contributed by atoms with Gasteiger partial charge in [-0.1, -0.05) is 56.3 Å². The van der Waals surface area contributed by atoms with E-state index in [0.717, 1.165) is 5.56 Å². The van der Waals surface area contributed by atoms with Gasteiger partial charge < -0.3 is 5.32 Å². The Bertz CT molecular complexity index is 909. The third-order valence-corrected chi connectivity index (χ3v) is 5.95. The number of carbonyl (C=O) groups excluding carboxylic acids is 1. The molecule has 0 radical (unpaired) electrons. The van der Waals surface area contributed by atoms with Crippen LogP contribution < -0.4 is 10.6 Å². The third-order valence-electron chi connectivity index (χ3n) is 5.95. The number of anilines is 1. The highest BCUT2D eigenvalue weighted by Gasteiger charge is 2.67. The maximum Gasteiger partial charge on any atom is 0.256 e. The molecule has 4 rings (SSSR count). The van der Waals surface area contributed by atoms with Crippen LogP contribution >= 0.6 is 0 Å². The van der Waals surface area contributed by atoms with Crippen LogP contribution in [-0.4, -0.2) is 22.9 Å². The first kappa shape index (κ1) is 17.7. The fourth-order valence-corrected chi connectivity index (χ4v) is 4.66. The van der Waals surface area contributed by atoms with E-state index in [9.17, 15) is 14.9 Å². The zero-order valence-corrected chi connectivity index (χ0v) is 15.6. The molecule has 0 saturated carbocycles. The Morgan fingerprint density at radius 2 is 1.78 bits per heavy atom. The lowest BCUT2D eigenvalue weighted by atomic mass is 9.78. The summed E-state index contributed by atoms with van der Waals surface area (Å²) < 4.78 is 0. The van der Waals surface area contributed by atoms with Crippen molar-refractivity contribution >= 4 is 11.6 Å². The second-order valence-corrected chi connectivity index (χ2v) is 7.82. The van der Waals surface area contributed by atoms with Gasteiger partial charge in [0.2, 0.25) is 0 Å². The van der Waals surface area contributed by atoms with E-state index in [4.69, 9.17) is 0 Å².